The molecule has 5 rings (SSSR count). The van der Waals surface area contributed by atoms with E-state index in [2.05, 4.69) is 23.5 Å². The second-order valence-electron chi connectivity index (χ2n) is 8.58. The molecular weight excluding hydrogens is 416 g/mol. The third kappa shape index (κ3) is 3.09. The van der Waals surface area contributed by atoms with Gasteiger partial charge in [0.15, 0.2) is 11.5 Å². The highest BCUT2D eigenvalue weighted by molar-refractivity contribution is 6.08. The summed E-state index contributed by atoms with van der Waals surface area (Å²) in [6.45, 7) is 0. The SMILES string of the molecule is COc1cc([C@@H]2C[C@]3(C(=O)N(C)c4ccccc43)[C@H](c3ccccc3)N2)cc(OC)c1OC. The number of nitrogens with one attached hydrogen (secondary N) is 1. The molecule has 33 heavy (non-hydrogen) atoms. The second-order valence-corrected chi connectivity index (χ2v) is 8.58. The molecule has 170 valence electrons. The van der Waals surface area contributed by atoms with Crippen LogP contribution in [0.25, 0.3) is 0 Å². The van der Waals surface area contributed by atoms with Crippen molar-refractivity contribution in [2.45, 2.75) is 23.9 Å². The van der Waals surface area contributed by atoms with Gasteiger partial charge in [-0.25, -0.2) is 0 Å². The number of fused-ring (bicyclic) bond motifs is 2. The lowest BCUT2D eigenvalue weighted by atomic mass is 9.72. The number of rotatable bonds is 5. The van der Waals surface area contributed by atoms with E-state index >= 15 is 0 Å². The highest BCUT2D eigenvalue weighted by atomic mass is 16.5. The lowest BCUT2D eigenvalue weighted by Crippen LogP contribution is -2.42. The van der Waals surface area contributed by atoms with Gasteiger partial charge in [0.05, 0.1) is 32.8 Å². The van der Waals surface area contributed by atoms with Crippen LogP contribution in [0.2, 0.25) is 0 Å². The van der Waals surface area contributed by atoms with Crippen LogP contribution in [0.5, 0.6) is 17.2 Å². The zero-order valence-electron chi connectivity index (χ0n) is 19.3. The number of hydrogen-bond donors (Lipinski definition) is 1. The van der Waals surface area contributed by atoms with E-state index in [4.69, 9.17) is 14.2 Å². The second kappa shape index (κ2) is 8.12. The van der Waals surface area contributed by atoms with Crippen molar-refractivity contribution < 1.29 is 19.0 Å². The Morgan fingerprint density at radius 2 is 1.52 bits per heavy atom. The summed E-state index contributed by atoms with van der Waals surface area (Å²) in [5.41, 5.74) is 3.40. The topological polar surface area (TPSA) is 60.0 Å². The summed E-state index contributed by atoms with van der Waals surface area (Å²) in [7, 11) is 6.69. The van der Waals surface area contributed by atoms with Crippen LogP contribution in [0, 0.1) is 0 Å². The van der Waals surface area contributed by atoms with Crippen molar-refractivity contribution in [2.75, 3.05) is 33.3 Å². The fourth-order valence-electron chi connectivity index (χ4n) is 5.53. The Balaban J connectivity index is 1.67. The first-order valence-electron chi connectivity index (χ1n) is 11.0. The smallest absolute Gasteiger partial charge is 0.239 e. The predicted octanol–water partition coefficient (Wildman–Crippen LogP) is 4.40. The molecule has 6 nitrogen and oxygen atoms in total. The van der Waals surface area contributed by atoms with Gasteiger partial charge in [0.1, 0.15) is 0 Å². The number of amides is 1. The molecule has 3 aromatic rings. The normalized spacial score (nSPS) is 23.6. The van der Waals surface area contributed by atoms with E-state index in [1.807, 2.05) is 55.6 Å². The molecule has 2 aliphatic rings. The summed E-state index contributed by atoms with van der Waals surface area (Å²) < 4.78 is 16.7. The van der Waals surface area contributed by atoms with Gasteiger partial charge in [0.25, 0.3) is 0 Å². The first-order valence-corrected chi connectivity index (χ1v) is 11.0. The predicted molar refractivity (Wildman–Crippen MR) is 127 cm³/mol. The molecule has 1 fully saturated rings. The van der Waals surface area contributed by atoms with E-state index in [0.29, 0.717) is 23.7 Å². The maximum atomic E-state index is 13.9. The maximum absolute atomic E-state index is 13.9. The summed E-state index contributed by atoms with van der Waals surface area (Å²) in [6.07, 6.45) is 0.616. The number of benzene rings is 3. The van der Waals surface area contributed by atoms with Crippen LogP contribution < -0.4 is 24.4 Å². The van der Waals surface area contributed by atoms with Gasteiger partial charge in [0.2, 0.25) is 11.7 Å². The first kappa shape index (κ1) is 21.3. The van der Waals surface area contributed by atoms with E-state index < -0.39 is 5.41 Å². The van der Waals surface area contributed by atoms with Gasteiger partial charge >= 0.3 is 0 Å². The van der Waals surface area contributed by atoms with E-state index in [9.17, 15) is 4.79 Å². The van der Waals surface area contributed by atoms with Crippen molar-refractivity contribution in [3.8, 4) is 17.2 Å². The van der Waals surface area contributed by atoms with Crippen LogP contribution in [0.4, 0.5) is 5.69 Å². The first-order chi connectivity index (χ1) is 16.0. The average Bonchev–Trinajstić information content (AvgIpc) is 3.37. The molecule has 1 N–H and O–H groups in total. The van der Waals surface area contributed by atoms with Gasteiger partial charge in [-0.3, -0.25) is 4.79 Å². The van der Waals surface area contributed by atoms with Crippen LogP contribution in [0.3, 0.4) is 0 Å². The van der Waals surface area contributed by atoms with Crippen LogP contribution in [-0.2, 0) is 10.2 Å². The summed E-state index contributed by atoms with van der Waals surface area (Å²) in [6, 6.07) is 22.0. The molecule has 0 unspecified atom stereocenters. The van der Waals surface area contributed by atoms with E-state index in [1.54, 1.807) is 26.2 Å². The minimum absolute atomic E-state index is 0.0904. The van der Waals surface area contributed by atoms with Crippen LogP contribution in [-0.4, -0.2) is 34.3 Å². The molecule has 0 radical (unpaired) electrons. The molecule has 0 bridgehead atoms. The molecule has 1 saturated heterocycles. The Morgan fingerprint density at radius 1 is 0.879 bits per heavy atom. The van der Waals surface area contributed by atoms with Crippen LogP contribution in [0.15, 0.2) is 66.7 Å². The Bertz CT molecular complexity index is 1170. The van der Waals surface area contributed by atoms with Gasteiger partial charge in [-0.1, -0.05) is 48.5 Å². The number of ether oxygens (including phenoxy) is 3. The summed E-state index contributed by atoms with van der Waals surface area (Å²) >= 11 is 0. The van der Waals surface area contributed by atoms with Gasteiger partial charge in [-0.05, 0) is 41.3 Å². The Hall–Kier alpha value is -3.51. The lowest BCUT2D eigenvalue weighted by molar-refractivity contribution is -0.123. The highest BCUT2D eigenvalue weighted by Gasteiger charge is 2.60. The molecule has 0 aromatic heterocycles. The van der Waals surface area contributed by atoms with E-state index in [1.165, 1.54) is 0 Å². The summed E-state index contributed by atoms with van der Waals surface area (Å²) in [5, 5.41) is 3.79. The zero-order valence-corrected chi connectivity index (χ0v) is 19.3. The zero-order chi connectivity index (χ0) is 23.2. The van der Waals surface area contributed by atoms with Crippen molar-refractivity contribution in [3.63, 3.8) is 0 Å². The largest absolute Gasteiger partial charge is 0.493 e. The number of methoxy groups -OCH3 is 3. The van der Waals surface area contributed by atoms with Crippen molar-refractivity contribution >= 4 is 11.6 Å². The minimum Gasteiger partial charge on any atom is -0.493 e. The third-order valence-corrected chi connectivity index (χ3v) is 7.04. The van der Waals surface area contributed by atoms with Gasteiger partial charge in [-0.2, -0.15) is 0 Å². The monoisotopic (exact) mass is 444 g/mol. The fraction of sp³-hybridized carbons (Fsp3) is 0.296. The molecule has 1 amide bonds. The van der Waals surface area contributed by atoms with Crippen LogP contribution in [0.1, 0.15) is 35.2 Å². The maximum Gasteiger partial charge on any atom is 0.239 e. The molecule has 3 aromatic carbocycles. The quantitative estimate of drug-likeness (QED) is 0.632. The van der Waals surface area contributed by atoms with Crippen molar-refractivity contribution in [1.82, 2.24) is 5.32 Å². The molecular formula is C27H28N2O4. The van der Waals surface area contributed by atoms with Crippen LogP contribution >= 0.6 is 0 Å². The van der Waals surface area contributed by atoms with Gasteiger partial charge in [0, 0.05) is 18.8 Å². The Kier molecular flexibility index (Phi) is 5.25. The number of likely N-dealkylation sites (N-methyl/N-ethyl adjacent to an activating group) is 1. The number of anilines is 1. The Morgan fingerprint density at radius 3 is 2.15 bits per heavy atom. The summed E-state index contributed by atoms with van der Waals surface area (Å²) in [4.78, 5) is 15.7. The highest BCUT2D eigenvalue weighted by Crippen LogP contribution is 2.57. The van der Waals surface area contributed by atoms with Gasteiger partial charge < -0.3 is 24.4 Å². The average molecular weight is 445 g/mol. The van der Waals surface area contributed by atoms with E-state index in [0.717, 1.165) is 22.4 Å². The molecule has 0 aliphatic carbocycles. The van der Waals surface area contributed by atoms with Gasteiger partial charge in [-0.15, -0.1) is 0 Å². The molecule has 1 spiro atoms. The number of carbonyl (C=O) groups is 1. The molecule has 0 saturated carbocycles. The van der Waals surface area contributed by atoms with Crippen molar-refractivity contribution in [1.29, 1.82) is 0 Å². The molecule has 2 aliphatic heterocycles. The number of hydrogen-bond acceptors (Lipinski definition) is 5. The molecule has 2 heterocycles. The lowest BCUT2D eigenvalue weighted by Gasteiger charge is -2.30. The third-order valence-electron chi connectivity index (χ3n) is 7.04. The Labute approximate surface area is 194 Å². The molecule has 3 atom stereocenters. The number of nitrogens with zero attached hydrogens (tertiary/aromatic N) is 1. The minimum atomic E-state index is -0.711. The fourth-order valence-corrected chi connectivity index (χ4v) is 5.53. The number of carbonyl (C=O) groups excluding carboxylic acids is 1. The standard InChI is InChI=1S/C27H28N2O4/c1-29-21-13-9-8-12-19(21)27(26(29)30)16-20(28-25(27)17-10-6-5-7-11-17)18-14-22(31-2)24(33-4)23(15-18)32-3/h5-15,20,25,28H,16H2,1-4H3/t20-,25-,27+/m0/s1. The van der Waals surface area contributed by atoms with Crippen molar-refractivity contribution in [3.05, 3.63) is 83.4 Å². The number of para-hydroxylation sites is 1. The van der Waals surface area contributed by atoms with E-state index in [-0.39, 0.29) is 18.0 Å². The van der Waals surface area contributed by atoms with Crippen molar-refractivity contribution in [2.24, 2.45) is 0 Å². The molecule has 6 heteroatoms. The summed E-state index contributed by atoms with van der Waals surface area (Å²) in [5.74, 6) is 1.86.